The first-order valence-electron chi connectivity index (χ1n) is 15.7. The predicted octanol–water partition coefficient (Wildman–Crippen LogP) is 5.16. The van der Waals surface area contributed by atoms with Gasteiger partial charge in [0, 0.05) is 17.8 Å². The van der Waals surface area contributed by atoms with Crippen LogP contribution in [0.1, 0.15) is 88.4 Å². The molecule has 2 aromatic rings. The Labute approximate surface area is 246 Å². The second kappa shape index (κ2) is 10.4. The zero-order chi connectivity index (χ0) is 29.1. The highest BCUT2D eigenvalue weighted by Gasteiger charge is 2.76. The van der Waals surface area contributed by atoms with Crippen LogP contribution in [-0.4, -0.2) is 46.2 Å². The molecule has 3 amide bonds. The number of anilines is 2. The molecule has 4 fully saturated rings. The van der Waals surface area contributed by atoms with E-state index < -0.39 is 29.1 Å². The number of amides is 3. The van der Waals surface area contributed by atoms with Gasteiger partial charge in [0.15, 0.2) is 5.82 Å². The van der Waals surface area contributed by atoms with Gasteiger partial charge in [-0.25, -0.2) is 0 Å². The van der Waals surface area contributed by atoms with Crippen LogP contribution in [0.25, 0.3) is 0 Å². The molecule has 5 aliphatic rings. The lowest BCUT2D eigenvalue weighted by Gasteiger charge is -2.34. The lowest BCUT2D eigenvalue weighted by atomic mass is 9.70. The van der Waals surface area contributed by atoms with Crippen molar-refractivity contribution in [1.29, 1.82) is 0 Å². The smallest absolute Gasteiger partial charge is 0.246 e. The molecular weight excluding hydrogens is 532 g/mol. The predicted molar refractivity (Wildman–Crippen MR) is 157 cm³/mol. The van der Waals surface area contributed by atoms with E-state index in [-0.39, 0.29) is 29.6 Å². The Morgan fingerprint density at radius 2 is 1.64 bits per heavy atom. The zero-order valence-electron chi connectivity index (χ0n) is 24.4. The number of carbonyl (C=O) groups is 3. The van der Waals surface area contributed by atoms with Gasteiger partial charge in [0.1, 0.15) is 17.4 Å². The number of ether oxygens (including phenoxy) is 1. The Kier molecular flexibility index (Phi) is 6.76. The van der Waals surface area contributed by atoms with Crippen LogP contribution in [0.2, 0.25) is 0 Å². The quantitative estimate of drug-likeness (QED) is 0.462. The summed E-state index contributed by atoms with van der Waals surface area (Å²) in [5, 5.41) is 9.99. The average Bonchev–Trinajstić information content (AvgIpc) is 3.70. The third kappa shape index (κ3) is 4.39. The zero-order valence-corrected chi connectivity index (χ0v) is 24.4. The highest BCUT2D eigenvalue weighted by molar-refractivity contribution is 6.11. The van der Waals surface area contributed by atoms with Crippen molar-refractivity contribution in [2.24, 2.45) is 11.8 Å². The standard InChI is InChI=1S/C33H40N4O5/c1-20-19-25(36-41-20)35-29(38)26-27-31(40)37(24-15-13-22(14-16-24)21-9-5-3-6-10-21)28(33(27)18-17-32(26,2)42-33)30(39)34-23-11-7-4-8-12-23/h13-19,21,23,26-28H,3-12H2,1-2H3,(H,34,39)(H,35,36,38)/t26-,27-,28-,32+,33-/m1/s1. The second-order valence-electron chi connectivity index (χ2n) is 13.1. The van der Waals surface area contributed by atoms with Gasteiger partial charge in [-0.3, -0.25) is 19.3 Å². The Morgan fingerprint density at radius 1 is 0.952 bits per heavy atom. The molecule has 42 heavy (non-hydrogen) atoms. The molecule has 0 radical (unpaired) electrons. The number of aryl methyl sites for hydroxylation is 1. The van der Waals surface area contributed by atoms with Gasteiger partial charge in [-0.05, 0) is 63.1 Å². The van der Waals surface area contributed by atoms with Gasteiger partial charge in [-0.15, -0.1) is 0 Å². The molecule has 7 rings (SSSR count). The summed E-state index contributed by atoms with van der Waals surface area (Å²) in [5.74, 6) is -1.20. The third-order valence-electron chi connectivity index (χ3n) is 10.3. The maximum atomic E-state index is 14.5. The fourth-order valence-electron chi connectivity index (χ4n) is 8.31. The second-order valence-corrected chi connectivity index (χ2v) is 13.1. The molecule has 1 spiro atoms. The highest BCUT2D eigenvalue weighted by Crippen LogP contribution is 2.60. The van der Waals surface area contributed by atoms with Crippen LogP contribution in [0.15, 0.2) is 47.0 Å². The number of hydrogen-bond acceptors (Lipinski definition) is 6. The summed E-state index contributed by atoms with van der Waals surface area (Å²) in [5.41, 5.74) is -0.363. The Hall–Kier alpha value is -3.46. The van der Waals surface area contributed by atoms with Crippen molar-refractivity contribution in [2.45, 2.75) is 107 Å². The largest absolute Gasteiger partial charge is 0.360 e. The molecule has 5 atom stereocenters. The van der Waals surface area contributed by atoms with Crippen molar-refractivity contribution in [3.63, 3.8) is 0 Å². The van der Waals surface area contributed by atoms with Gasteiger partial charge in [0.25, 0.3) is 0 Å². The molecule has 2 N–H and O–H groups in total. The first-order valence-corrected chi connectivity index (χ1v) is 15.7. The topological polar surface area (TPSA) is 114 Å². The Bertz CT molecular complexity index is 1410. The summed E-state index contributed by atoms with van der Waals surface area (Å²) in [6.07, 6.45) is 15.0. The lowest BCUT2D eigenvalue weighted by Crippen LogP contribution is -2.56. The van der Waals surface area contributed by atoms with Crippen LogP contribution in [0, 0.1) is 18.8 Å². The minimum atomic E-state index is -1.26. The highest BCUT2D eigenvalue weighted by atomic mass is 16.5. The number of benzene rings is 1. The lowest BCUT2D eigenvalue weighted by molar-refractivity contribution is -0.131. The van der Waals surface area contributed by atoms with E-state index >= 15 is 0 Å². The van der Waals surface area contributed by atoms with Crippen molar-refractivity contribution >= 4 is 29.2 Å². The van der Waals surface area contributed by atoms with Gasteiger partial charge in [0.05, 0.1) is 17.4 Å². The minimum absolute atomic E-state index is 0.0694. The number of fused-ring (bicyclic) bond motifs is 1. The minimum Gasteiger partial charge on any atom is -0.360 e. The molecule has 2 bridgehead atoms. The summed E-state index contributed by atoms with van der Waals surface area (Å²) in [7, 11) is 0. The first-order chi connectivity index (χ1) is 20.3. The van der Waals surface area contributed by atoms with E-state index in [2.05, 4.69) is 27.9 Å². The van der Waals surface area contributed by atoms with Crippen molar-refractivity contribution in [1.82, 2.24) is 10.5 Å². The molecule has 1 aromatic heterocycles. The van der Waals surface area contributed by atoms with Crippen LogP contribution >= 0.6 is 0 Å². The Morgan fingerprint density at radius 3 is 2.31 bits per heavy atom. The molecular formula is C33H40N4O5. The van der Waals surface area contributed by atoms with E-state index in [1.165, 1.54) is 44.1 Å². The molecule has 2 aliphatic carbocycles. The summed E-state index contributed by atoms with van der Waals surface area (Å²) < 4.78 is 11.8. The molecule has 1 aromatic carbocycles. The van der Waals surface area contributed by atoms with Crippen molar-refractivity contribution < 1.29 is 23.6 Å². The fourth-order valence-corrected chi connectivity index (χ4v) is 8.31. The molecule has 2 saturated carbocycles. The van der Waals surface area contributed by atoms with E-state index in [1.807, 2.05) is 31.2 Å². The molecule has 0 unspecified atom stereocenters. The first kappa shape index (κ1) is 27.4. The van der Waals surface area contributed by atoms with Crippen molar-refractivity contribution in [2.75, 3.05) is 10.2 Å². The Balaban J connectivity index is 1.24. The fraction of sp³-hybridized carbons (Fsp3) is 0.576. The normalized spacial score (nSPS) is 32.8. The molecule has 2 saturated heterocycles. The van der Waals surface area contributed by atoms with E-state index in [1.54, 1.807) is 17.9 Å². The number of aromatic nitrogens is 1. The number of hydrogen-bond donors (Lipinski definition) is 2. The van der Waals surface area contributed by atoms with Crippen LogP contribution in [0.3, 0.4) is 0 Å². The molecule has 9 heteroatoms. The molecule has 3 aliphatic heterocycles. The van der Waals surface area contributed by atoms with Crippen LogP contribution in [0.4, 0.5) is 11.5 Å². The van der Waals surface area contributed by atoms with Gasteiger partial charge in [-0.1, -0.05) is 68.0 Å². The monoisotopic (exact) mass is 572 g/mol. The SMILES string of the molecule is Cc1cc(NC(=O)[C@H]2[C@@H]3C(=O)N(c4ccc(C5CCCCC5)cc4)[C@H](C(=O)NC4CCCCC4)[C@@]34C=C[C@]2(C)O4)no1. The summed E-state index contributed by atoms with van der Waals surface area (Å²) in [4.78, 5) is 44.1. The van der Waals surface area contributed by atoms with E-state index in [4.69, 9.17) is 9.26 Å². The number of nitrogens with one attached hydrogen (secondary N) is 2. The van der Waals surface area contributed by atoms with Crippen molar-refractivity contribution in [3.8, 4) is 0 Å². The summed E-state index contributed by atoms with van der Waals surface area (Å²) >= 11 is 0. The summed E-state index contributed by atoms with van der Waals surface area (Å²) in [6, 6.07) is 8.91. The van der Waals surface area contributed by atoms with Crippen LogP contribution in [0.5, 0.6) is 0 Å². The molecule has 4 heterocycles. The number of nitrogens with zero attached hydrogens (tertiary/aromatic N) is 2. The van der Waals surface area contributed by atoms with E-state index in [0.29, 0.717) is 17.4 Å². The molecule has 9 nitrogen and oxygen atoms in total. The van der Waals surface area contributed by atoms with Gasteiger partial charge >= 0.3 is 0 Å². The van der Waals surface area contributed by atoms with E-state index in [9.17, 15) is 14.4 Å². The number of rotatable bonds is 6. The van der Waals surface area contributed by atoms with Crippen molar-refractivity contribution in [3.05, 3.63) is 53.8 Å². The van der Waals surface area contributed by atoms with Crippen LogP contribution < -0.4 is 15.5 Å². The average molecular weight is 573 g/mol. The maximum absolute atomic E-state index is 14.5. The van der Waals surface area contributed by atoms with E-state index in [0.717, 1.165) is 25.7 Å². The summed E-state index contributed by atoms with van der Waals surface area (Å²) in [6.45, 7) is 3.57. The third-order valence-corrected chi connectivity index (χ3v) is 10.3. The van der Waals surface area contributed by atoms with Crippen LogP contribution in [-0.2, 0) is 19.1 Å². The molecule has 222 valence electrons. The van der Waals surface area contributed by atoms with Gasteiger partial charge < -0.3 is 19.9 Å². The van der Waals surface area contributed by atoms with Gasteiger partial charge in [0.2, 0.25) is 17.7 Å². The maximum Gasteiger partial charge on any atom is 0.246 e. The number of carbonyl (C=O) groups excluding carboxylic acids is 3. The van der Waals surface area contributed by atoms with Gasteiger partial charge in [-0.2, -0.15) is 0 Å².